The SMILES string of the molecule is COc1cccc2c1CCC=C2c1cn(C(C)Cc2ccccc2)c2cc(C(=O)O)ccc12. The van der Waals surface area contributed by atoms with E-state index in [1.54, 1.807) is 19.2 Å². The molecule has 0 saturated heterocycles. The number of methoxy groups -OCH3 is 1. The Morgan fingerprint density at radius 3 is 2.64 bits per heavy atom. The van der Waals surface area contributed by atoms with Crippen molar-refractivity contribution in [1.82, 2.24) is 4.57 Å². The summed E-state index contributed by atoms with van der Waals surface area (Å²) in [6.07, 6.45) is 7.26. The predicted octanol–water partition coefficient (Wildman–Crippen LogP) is 6.53. The van der Waals surface area contributed by atoms with E-state index in [-0.39, 0.29) is 6.04 Å². The third kappa shape index (κ3) is 3.82. The minimum atomic E-state index is -0.908. The molecule has 1 aromatic heterocycles. The number of carboxylic acid groups (broad SMARTS) is 1. The number of nitrogens with zero attached hydrogens (tertiary/aromatic N) is 1. The second-order valence-corrected chi connectivity index (χ2v) is 8.67. The van der Waals surface area contributed by atoms with Crippen molar-refractivity contribution in [2.75, 3.05) is 7.11 Å². The highest BCUT2D eigenvalue weighted by molar-refractivity contribution is 6.01. The molecule has 3 aromatic carbocycles. The molecule has 1 aliphatic rings. The summed E-state index contributed by atoms with van der Waals surface area (Å²) in [6, 6.07) is 22.3. The number of carbonyl (C=O) groups is 1. The average molecular weight is 438 g/mol. The first-order valence-electron chi connectivity index (χ1n) is 11.4. The highest BCUT2D eigenvalue weighted by Crippen LogP contribution is 2.40. The van der Waals surface area contributed by atoms with Gasteiger partial charge < -0.3 is 14.4 Å². The van der Waals surface area contributed by atoms with Gasteiger partial charge >= 0.3 is 5.97 Å². The van der Waals surface area contributed by atoms with E-state index in [4.69, 9.17) is 4.74 Å². The lowest BCUT2D eigenvalue weighted by atomic mass is 9.86. The molecule has 4 aromatic rings. The molecule has 4 nitrogen and oxygen atoms in total. The number of carboxylic acids is 1. The normalized spacial score (nSPS) is 13.9. The lowest BCUT2D eigenvalue weighted by Gasteiger charge is -2.20. The zero-order valence-electron chi connectivity index (χ0n) is 18.9. The molecular formula is C29H27NO3. The summed E-state index contributed by atoms with van der Waals surface area (Å²) < 4.78 is 7.87. The fourth-order valence-corrected chi connectivity index (χ4v) is 5.01. The molecule has 0 aliphatic heterocycles. The van der Waals surface area contributed by atoms with Gasteiger partial charge in [0, 0.05) is 34.3 Å². The Kier molecular flexibility index (Phi) is 5.51. The summed E-state index contributed by atoms with van der Waals surface area (Å²) in [5.41, 5.74) is 7.26. The van der Waals surface area contributed by atoms with Gasteiger partial charge in [-0.1, -0.05) is 54.6 Å². The molecule has 166 valence electrons. The molecule has 0 bridgehead atoms. The van der Waals surface area contributed by atoms with Gasteiger partial charge in [-0.25, -0.2) is 4.79 Å². The number of hydrogen-bond donors (Lipinski definition) is 1. The Hall–Kier alpha value is -3.79. The van der Waals surface area contributed by atoms with E-state index in [1.165, 1.54) is 22.3 Å². The fourth-order valence-electron chi connectivity index (χ4n) is 5.01. The zero-order chi connectivity index (χ0) is 22.9. The first kappa shape index (κ1) is 21.1. The topological polar surface area (TPSA) is 51.5 Å². The number of benzene rings is 3. The summed E-state index contributed by atoms with van der Waals surface area (Å²) in [5.74, 6) is 0.0151. The van der Waals surface area contributed by atoms with Crippen molar-refractivity contribution in [2.24, 2.45) is 0 Å². The second kappa shape index (κ2) is 8.62. The van der Waals surface area contributed by atoms with Crippen LogP contribution in [0.1, 0.15) is 52.0 Å². The number of hydrogen-bond acceptors (Lipinski definition) is 2. The molecule has 1 N–H and O–H groups in total. The van der Waals surface area contributed by atoms with E-state index in [0.717, 1.165) is 41.5 Å². The molecule has 1 atom stereocenters. The van der Waals surface area contributed by atoms with E-state index in [1.807, 2.05) is 24.3 Å². The summed E-state index contributed by atoms with van der Waals surface area (Å²) in [7, 11) is 1.72. The minimum Gasteiger partial charge on any atom is -0.496 e. The van der Waals surface area contributed by atoms with Crippen LogP contribution in [-0.2, 0) is 12.8 Å². The number of ether oxygens (including phenoxy) is 1. The van der Waals surface area contributed by atoms with Crippen molar-refractivity contribution < 1.29 is 14.6 Å². The Labute approximate surface area is 193 Å². The van der Waals surface area contributed by atoms with Crippen LogP contribution < -0.4 is 4.74 Å². The number of allylic oxidation sites excluding steroid dienone is 1. The number of aromatic carboxylic acids is 1. The quantitative estimate of drug-likeness (QED) is 0.373. The summed E-state index contributed by atoms with van der Waals surface area (Å²) in [4.78, 5) is 11.7. The van der Waals surface area contributed by atoms with Crippen LogP contribution in [0.15, 0.2) is 79.0 Å². The van der Waals surface area contributed by atoms with Crippen LogP contribution in [0.3, 0.4) is 0 Å². The predicted molar refractivity (Wildman–Crippen MR) is 132 cm³/mol. The van der Waals surface area contributed by atoms with Gasteiger partial charge in [0.1, 0.15) is 5.75 Å². The maximum absolute atomic E-state index is 11.7. The Morgan fingerprint density at radius 1 is 1.06 bits per heavy atom. The largest absolute Gasteiger partial charge is 0.496 e. The van der Waals surface area contributed by atoms with Crippen molar-refractivity contribution >= 4 is 22.4 Å². The lowest BCUT2D eigenvalue weighted by Crippen LogP contribution is -2.08. The van der Waals surface area contributed by atoms with Crippen LogP contribution >= 0.6 is 0 Å². The molecule has 1 unspecified atom stereocenters. The molecule has 0 spiro atoms. The molecule has 5 rings (SSSR count). The van der Waals surface area contributed by atoms with Crippen molar-refractivity contribution in [1.29, 1.82) is 0 Å². The first-order chi connectivity index (χ1) is 16.1. The van der Waals surface area contributed by atoms with Crippen LogP contribution in [0.4, 0.5) is 0 Å². The van der Waals surface area contributed by atoms with E-state index in [0.29, 0.717) is 5.56 Å². The van der Waals surface area contributed by atoms with Gasteiger partial charge in [0.25, 0.3) is 0 Å². The average Bonchev–Trinajstić information content (AvgIpc) is 3.22. The number of aromatic nitrogens is 1. The number of fused-ring (bicyclic) bond motifs is 2. The van der Waals surface area contributed by atoms with Crippen molar-refractivity contribution in [3.05, 3.63) is 107 Å². The Morgan fingerprint density at radius 2 is 1.88 bits per heavy atom. The number of rotatable bonds is 6. The maximum Gasteiger partial charge on any atom is 0.335 e. The molecule has 33 heavy (non-hydrogen) atoms. The molecule has 1 heterocycles. The maximum atomic E-state index is 11.7. The Bertz CT molecular complexity index is 1360. The summed E-state index contributed by atoms with van der Waals surface area (Å²) in [6.45, 7) is 2.19. The van der Waals surface area contributed by atoms with Gasteiger partial charge in [-0.15, -0.1) is 0 Å². The van der Waals surface area contributed by atoms with Gasteiger partial charge in [0.15, 0.2) is 0 Å². The molecule has 0 radical (unpaired) electrons. The van der Waals surface area contributed by atoms with Gasteiger partial charge in [0.2, 0.25) is 0 Å². The zero-order valence-corrected chi connectivity index (χ0v) is 18.9. The van der Waals surface area contributed by atoms with Crippen LogP contribution in [-0.4, -0.2) is 22.8 Å². The van der Waals surface area contributed by atoms with Gasteiger partial charge in [-0.05, 0) is 61.1 Å². The molecule has 4 heteroatoms. The minimum absolute atomic E-state index is 0.168. The van der Waals surface area contributed by atoms with Gasteiger partial charge in [-0.3, -0.25) is 0 Å². The smallest absolute Gasteiger partial charge is 0.335 e. The Balaban J connectivity index is 1.67. The molecule has 1 aliphatic carbocycles. The van der Waals surface area contributed by atoms with Crippen molar-refractivity contribution in [2.45, 2.75) is 32.2 Å². The highest BCUT2D eigenvalue weighted by Gasteiger charge is 2.23. The third-order valence-corrected chi connectivity index (χ3v) is 6.61. The van der Waals surface area contributed by atoms with E-state index in [2.05, 4.69) is 54.1 Å². The lowest BCUT2D eigenvalue weighted by molar-refractivity contribution is 0.0697. The van der Waals surface area contributed by atoms with Crippen LogP contribution in [0, 0.1) is 0 Å². The van der Waals surface area contributed by atoms with E-state index < -0.39 is 5.97 Å². The van der Waals surface area contributed by atoms with Crippen LogP contribution in [0.2, 0.25) is 0 Å². The van der Waals surface area contributed by atoms with Crippen molar-refractivity contribution in [3.8, 4) is 5.75 Å². The first-order valence-corrected chi connectivity index (χ1v) is 11.4. The van der Waals surface area contributed by atoms with Crippen LogP contribution in [0.25, 0.3) is 16.5 Å². The van der Waals surface area contributed by atoms with Crippen LogP contribution in [0.5, 0.6) is 5.75 Å². The second-order valence-electron chi connectivity index (χ2n) is 8.67. The molecule has 0 amide bonds. The van der Waals surface area contributed by atoms with Crippen molar-refractivity contribution in [3.63, 3.8) is 0 Å². The highest BCUT2D eigenvalue weighted by atomic mass is 16.5. The molecular weight excluding hydrogens is 410 g/mol. The van der Waals surface area contributed by atoms with E-state index >= 15 is 0 Å². The molecule has 0 fully saturated rings. The summed E-state index contributed by atoms with van der Waals surface area (Å²) in [5, 5.41) is 10.7. The third-order valence-electron chi connectivity index (χ3n) is 6.61. The standard InChI is InChI=1S/C29H27NO3/c1-19(16-20-8-4-3-5-9-20)30-18-26(24-15-14-21(29(31)32)17-27(24)30)23-10-6-12-25-22(23)11-7-13-28(25)33-2/h3-5,7-11,13-15,17-19H,6,12,16H2,1-2H3,(H,31,32). The monoisotopic (exact) mass is 437 g/mol. The fraction of sp³-hybridized carbons (Fsp3) is 0.207. The summed E-state index contributed by atoms with van der Waals surface area (Å²) >= 11 is 0. The van der Waals surface area contributed by atoms with Gasteiger partial charge in [0.05, 0.1) is 12.7 Å². The van der Waals surface area contributed by atoms with Gasteiger partial charge in [-0.2, -0.15) is 0 Å². The molecule has 0 saturated carbocycles. The van der Waals surface area contributed by atoms with E-state index in [9.17, 15) is 9.90 Å².